The van der Waals surface area contributed by atoms with E-state index in [-0.39, 0.29) is 5.92 Å². The lowest BCUT2D eigenvalue weighted by molar-refractivity contribution is 0.0394. The molecule has 0 spiro atoms. The number of hydrogen-bond acceptors (Lipinski definition) is 5. The van der Waals surface area contributed by atoms with Gasteiger partial charge in [-0.15, -0.1) is 0 Å². The van der Waals surface area contributed by atoms with Gasteiger partial charge >= 0.3 is 0 Å². The van der Waals surface area contributed by atoms with Gasteiger partial charge in [0.15, 0.2) is 0 Å². The highest BCUT2D eigenvalue weighted by molar-refractivity contribution is 5.94. The highest BCUT2D eigenvalue weighted by atomic mass is 16.5. The molecule has 2 aromatic rings. The topological polar surface area (TPSA) is 70.2 Å². The van der Waals surface area contributed by atoms with Gasteiger partial charge in [-0.1, -0.05) is 32.0 Å². The van der Waals surface area contributed by atoms with E-state index in [0.717, 1.165) is 61.6 Å². The first-order valence-corrected chi connectivity index (χ1v) is 8.99. The third-order valence-corrected chi connectivity index (χ3v) is 4.79. The fourth-order valence-electron chi connectivity index (χ4n) is 3.40. The minimum atomic E-state index is -0.0618. The van der Waals surface area contributed by atoms with E-state index in [1.165, 1.54) is 0 Å². The molecule has 1 unspecified atom stereocenters. The first kappa shape index (κ1) is 17.9. The highest BCUT2D eigenvalue weighted by Gasteiger charge is 2.22. The molecule has 0 saturated carbocycles. The van der Waals surface area contributed by atoms with Crippen LogP contribution in [0.3, 0.4) is 0 Å². The Morgan fingerprint density at radius 1 is 1.32 bits per heavy atom. The van der Waals surface area contributed by atoms with Crippen LogP contribution in [0.2, 0.25) is 0 Å². The molecule has 1 saturated heterocycles. The molecule has 1 aliphatic rings. The number of aliphatic imine (C=N–C) groups is 1. The molecule has 6 heteroatoms. The van der Waals surface area contributed by atoms with E-state index in [1.54, 1.807) is 0 Å². The summed E-state index contributed by atoms with van der Waals surface area (Å²) in [4.78, 5) is 6.94. The van der Waals surface area contributed by atoms with Gasteiger partial charge in [-0.25, -0.2) is 0 Å². The number of nitrogens with zero attached hydrogens (tertiary/aromatic N) is 2. The van der Waals surface area contributed by atoms with Crippen molar-refractivity contribution in [1.29, 1.82) is 0 Å². The van der Waals surface area contributed by atoms with Crippen LogP contribution < -0.4 is 5.48 Å². The average molecular weight is 345 g/mol. The van der Waals surface area contributed by atoms with Crippen LogP contribution in [0.15, 0.2) is 33.7 Å². The SMILES string of the molecule is CCc1oc2ccccc2c1C(C)C(=NCCN1CCOCC1)NO. The summed E-state index contributed by atoms with van der Waals surface area (Å²) in [5, 5.41) is 10.7. The monoisotopic (exact) mass is 345 g/mol. The predicted molar refractivity (Wildman–Crippen MR) is 98.5 cm³/mol. The summed E-state index contributed by atoms with van der Waals surface area (Å²) in [6.07, 6.45) is 0.806. The van der Waals surface area contributed by atoms with Gasteiger partial charge in [0.1, 0.15) is 17.2 Å². The van der Waals surface area contributed by atoms with E-state index in [2.05, 4.69) is 28.4 Å². The second-order valence-corrected chi connectivity index (χ2v) is 6.34. The largest absolute Gasteiger partial charge is 0.461 e. The van der Waals surface area contributed by atoms with Crippen LogP contribution in [0.5, 0.6) is 0 Å². The second-order valence-electron chi connectivity index (χ2n) is 6.34. The maximum absolute atomic E-state index is 9.62. The Morgan fingerprint density at radius 3 is 2.80 bits per heavy atom. The third kappa shape index (κ3) is 4.03. The number of hydrogen-bond donors (Lipinski definition) is 2. The van der Waals surface area contributed by atoms with Crippen LogP contribution in [-0.2, 0) is 11.2 Å². The zero-order chi connectivity index (χ0) is 17.6. The van der Waals surface area contributed by atoms with Crippen LogP contribution in [0.4, 0.5) is 0 Å². The number of morpholine rings is 1. The molecule has 0 amide bonds. The van der Waals surface area contributed by atoms with Crippen LogP contribution >= 0.6 is 0 Å². The number of nitrogens with one attached hydrogen (secondary N) is 1. The molecule has 1 aromatic heterocycles. The van der Waals surface area contributed by atoms with Crippen LogP contribution in [0.1, 0.15) is 31.1 Å². The molecule has 1 aliphatic heterocycles. The first-order valence-electron chi connectivity index (χ1n) is 8.99. The van der Waals surface area contributed by atoms with Crippen molar-refractivity contribution in [2.24, 2.45) is 4.99 Å². The molecule has 25 heavy (non-hydrogen) atoms. The summed E-state index contributed by atoms with van der Waals surface area (Å²) in [6.45, 7) is 9.10. The smallest absolute Gasteiger partial charge is 0.134 e. The number of fused-ring (bicyclic) bond motifs is 1. The molecular weight excluding hydrogens is 318 g/mol. The maximum atomic E-state index is 9.62. The van der Waals surface area contributed by atoms with Crippen molar-refractivity contribution >= 4 is 16.8 Å². The highest BCUT2D eigenvalue weighted by Crippen LogP contribution is 2.32. The van der Waals surface area contributed by atoms with Crippen LogP contribution in [0, 0.1) is 0 Å². The molecular formula is C19H27N3O3. The van der Waals surface area contributed by atoms with E-state index in [0.29, 0.717) is 12.4 Å². The number of para-hydroxylation sites is 1. The van der Waals surface area contributed by atoms with Crippen molar-refractivity contribution in [3.8, 4) is 0 Å². The average Bonchev–Trinajstić information content (AvgIpc) is 3.04. The molecule has 0 radical (unpaired) electrons. The minimum absolute atomic E-state index is 0.0618. The normalized spacial score (nSPS) is 17.8. The Bertz CT molecular complexity index is 720. The molecule has 1 atom stereocenters. The van der Waals surface area contributed by atoms with Crippen molar-refractivity contribution in [3.63, 3.8) is 0 Å². The van der Waals surface area contributed by atoms with E-state index in [1.807, 2.05) is 25.1 Å². The van der Waals surface area contributed by atoms with Crippen molar-refractivity contribution < 1.29 is 14.4 Å². The summed E-state index contributed by atoms with van der Waals surface area (Å²) < 4.78 is 11.3. The Kier molecular flexibility index (Phi) is 6.07. The van der Waals surface area contributed by atoms with Gasteiger partial charge < -0.3 is 9.15 Å². The maximum Gasteiger partial charge on any atom is 0.134 e. The van der Waals surface area contributed by atoms with Gasteiger partial charge in [-0.05, 0) is 6.07 Å². The molecule has 0 bridgehead atoms. The zero-order valence-corrected chi connectivity index (χ0v) is 15.0. The number of furan rings is 1. The van der Waals surface area contributed by atoms with Gasteiger partial charge in [-0.2, -0.15) is 0 Å². The number of aryl methyl sites for hydroxylation is 1. The number of benzene rings is 1. The molecule has 136 valence electrons. The van der Waals surface area contributed by atoms with Gasteiger partial charge in [0.2, 0.25) is 0 Å². The number of ether oxygens (including phenoxy) is 1. The van der Waals surface area contributed by atoms with Crippen molar-refractivity contribution in [2.75, 3.05) is 39.4 Å². The Hall–Kier alpha value is -1.89. The quantitative estimate of drug-likeness (QED) is 0.479. The van der Waals surface area contributed by atoms with Crippen LogP contribution in [-0.4, -0.2) is 55.3 Å². The number of rotatable bonds is 6. The third-order valence-electron chi connectivity index (χ3n) is 4.79. The van der Waals surface area contributed by atoms with E-state index < -0.39 is 0 Å². The molecule has 2 N–H and O–H groups in total. The lowest BCUT2D eigenvalue weighted by atomic mass is 9.95. The Balaban J connectivity index is 1.77. The Morgan fingerprint density at radius 2 is 2.08 bits per heavy atom. The standard InChI is InChI=1S/C19H27N3O3/c1-3-16-18(15-6-4-5-7-17(15)25-16)14(2)19(21-23)20-8-9-22-10-12-24-13-11-22/h4-7,14,23H,3,8-13H2,1-2H3,(H,20,21). The van der Waals surface area contributed by atoms with E-state index >= 15 is 0 Å². The van der Waals surface area contributed by atoms with E-state index in [4.69, 9.17) is 9.15 Å². The molecule has 2 heterocycles. The van der Waals surface area contributed by atoms with Gasteiger partial charge in [0.05, 0.1) is 19.8 Å². The summed E-state index contributed by atoms with van der Waals surface area (Å²) in [5.41, 5.74) is 4.29. The summed E-state index contributed by atoms with van der Waals surface area (Å²) in [7, 11) is 0. The van der Waals surface area contributed by atoms with Crippen molar-refractivity contribution in [2.45, 2.75) is 26.2 Å². The molecule has 6 nitrogen and oxygen atoms in total. The van der Waals surface area contributed by atoms with Crippen molar-refractivity contribution in [1.82, 2.24) is 10.4 Å². The van der Waals surface area contributed by atoms with Gasteiger partial charge in [-0.3, -0.25) is 20.6 Å². The van der Waals surface area contributed by atoms with Crippen LogP contribution in [0.25, 0.3) is 11.0 Å². The minimum Gasteiger partial charge on any atom is -0.461 e. The fraction of sp³-hybridized carbons (Fsp3) is 0.526. The molecule has 1 fully saturated rings. The fourth-order valence-corrected chi connectivity index (χ4v) is 3.40. The molecule has 3 rings (SSSR count). The number of amidine groups is 1. The Labute approximate surface area is 148 Å². The van der Waals surface area contributed by atoms with Crippen molar-refractivity contribution in [3.05, 3.63) is 35.6 Å². The second kappa shape index (κ2) is 8.47. The zero-order valence-electron chi connectivity index (χ0n) is 15.0. The van der Waals surface area contributed by atoms with Gasteiger partial charge in [0.25, 0.3) is 0 Å². The summed E-state index contributed by atoms with van der Waals surface area (Å²) in [6, 6.07) is 8.02. The van der Waals surface area contributed by atoms with E-state index in [9.17, 15) is 5.21 Å². The van der Waals surface area contributed by atoms with Gasteiger partial charge in [0, 0.05) is 42.9 Å². The molecule has 0 aliphatic carbocycles. The summed E-state index contributed by atoms with van der Waals surface area (Å²) >= 11 is 0. The predicted octanol–water partition coefficient (Wildman–Crippen LogP) is 2.81. The lowest BCUT2D eigenvalue weighted by Gasteiger charge is -2.26. The number of hydroxylamine groups is 1. The first-order chi connectivity index (χ1) is 12.2. The summed E-state index contributed by atoms with van der Waals surface area (Å²) in [5.74, 6) is 1.47. The molecule has 1 aromatic carbocycles. The lowest BCUT2D eigenvalue weighted by Crippen LogP contribution is -2.38.